The van der Waals surface area contributed by atoms with Gasteiger partial charge in [-0.1, -0.05) is 12.1 Å². The number of rotatable bonds is 7. The van der Waals surface area contributed by atoms with Crippen LogP contribution in [0.4, 0.5) is 0 Å². The van der Waals surface area contributed by atoms with Gasteiger partial charge in [0.05, 0.1) is 63.8 Å². The third-order valence-electron chi connectivity index (χ3n) is 10.8. The molecule has 0 spiro atoms. The molecule has 0 radical (unpaired) electrons. The molecule has 3 aromatic carbocycles. The molecule has 7 rings (SSSR count). The van der Waals surface area contributed by atoms with Gasteiger partial charge in [0.1, 0.15) is 23.2 Å². The van der Waals surface area contributed by atoms with Crippen LogP contribution in [-0.2, 0) is 12.8 Å². The molecular weight excluding hydrogens is 640 g/mol. The van der Waals surface area contributed by atoms with Crippen molar-refractivity contribution in [3.63, 3.8) is 0 Å². The number of nitrogens with zero attached hydrogens (tertiary/aromatic N) is 5. The number of hydrogen-bond acceptors (Lipinski definition) is 12. The number of nitrogens with one attached hydrogen (secondary N) is 1. The number of fused-ring (bicyclic) bond motifs is 8. The van der Waals surface area contributed by atoms with E-state index in [4.69, 9.17) is 18.9 Å². The van der Waals surface area contributed by atoms with E-state index in [9.17, 15) is 20.3 Å². The van der Waals surface area contributed by atoms with Gasteiger partial charge < -0.3 is 34.5 Å². The molecule has 0 saturated carbocycles. The van der Waals surface area contributed by atoms with E-state index in [0.717, 1.165) is 11.1 Å². The third kappa shape index (κ3) is 4.69. The fraction of sp³-hybridized carbons (Fsp3) is 0.405. The molecule has 3 N–H and O–H groups in total. The molecule has 13 nitrogen and oxygen atoms in total. The van der Waals surface area contributed by atoms with E-state index >= 15 is 0 Å². The highest BCUT2D eigenvalue weighted by atomic mass is 16.5. The summed E-state index contributed by atoms with van der Waals surface area (Å²) in [6.45, 7) is 3.68. The van der Waals surface area contributed by atoms with Crippen molar-refractivity contribution in [2.24, 2.45) is 0 Å². The lowest BCUT2D eigenvalue weighted by Crippen LogP contribution is -2.68. The first kappa shape index (κ1) is 33.2. The zero-order valence-corrected chi connectivity index (χ0v) is 29.1. The van der Waals surface area contributed by atoms with E-state index in [1.54, 1.807) is 20.3 Å². The number of ether oxygens (including phenoxy) is 4. The lowest BCUT2D eigenvalue weighted by molar-refractivity contribution is -0.0724. The maximum absolute atomic E-state index is 13.7. The number of carbonyl (C=O) groups excluding carboxylic acids is 1. The average molecular weight is 681 g/mol. The number of carbonyl (C=O) groups is 1. The molecule has 1 saturated heterocycles. The van der Waals surface area contributed by atoms with Crippen LogP contribution in [0.25, 0.3) is 11.0 Å². The van der Waals surface area contributed by atoms with E-state index < -0.39 is 30.1 Å². The summed E-state index contributed by atoms with van der Waals surface area (Å²) in [6.07, 6.45) is 2.20. The van der Waals surface area contributed by atoms with Crippen LogP contribution >= 0.6 is 0 Å². The quantitative estimate of drug-likeness (QED) is 0.259. The zero-order chi connectivity index (χ0) is 35.6. The maximum Gasteiger partial charge on any atom is 0.271 e. The normalized spacial score (nSPS) is 22.5. The third-order valence-corrected chi connectivity index (χ3v) is 10.8. The lowest BCUT2D eigenvalue weighted by atomic mass is 9.71. The molecule has 260 valence electrons. The van der Waals surface area contributed by atoms with Crippen molar-refractivity contribution in [3.8, 4) is 40.6 Å². The molecule has 1 fully saturated rings. The first-order valence-corrected chi connectivity index (χ1v) is 16.4. The fourth-order valence-corrected chi connectivity index (χ4v) is 8.76. The van der Waals surface area contributed by atoms with E-state index in [2.05, 4.69) is 31.2 Å². The predicted molar refractivity (Wildman–Crippen MR) is 183 cm³/mol. The molecule has 3 aliphatic rings. The van der Waals surface area contributed by atoms with Crippen molar-refractivity contribution in [2.45, 2.75) is 56.9 Å². The van der Waals surface area contributed by atoms with E-state index in [-0.39, 0.29) is 35.5 Å². The van der Waals surface area contributed by atoms with Crippen LogP contribution in [0.3, 0.4) is 0 Å². The van der Waals surface area contributed by atoms with Gasteiger partial charge in [-0.25, -0.2) is 4.98 Å². The van der Waals surface area contributed by atoms with Gasteiger partial charge in [0.2, 0.25) is 0 Å². The Morgan fingerprint density at radius 3 is 2.06 bits per heavy atom. The second-order valence-corrected chi connectivity index (χ2v) is 13.0. The summed E-state index contributed by atoms with van der Waals surface area (Å²) >= 11 is 0. The number of aromatic nitrogens is 2. The molecule has 0 aliphatic carbocycles. The minimum absolute atomic E-state index is 0.0144. The Bertz CT molecular complexity index is 2080. The Morgan fingerprint density at radius 1 is 0.900 bits per heavy atom. The Labute approximate surface area is 290 Å². The van der Waals surface area contributed by atoms with Crippen LogP contribution in [0.15, 0.2) is 30.5 Å². The molecule has 2 bridgehead atoms. The summed E-state index contributed by atoms with van der Waals surface area (Å²) < 4.78 is 23.3. The SMILES string of the molecule is COc1c(C)c(OC)c2c(c1O)[C@H]1[C@@H]3Cc4c(OC)c(C)c(OC)c(O)c4[C@H](CNC(=O)c4cnc5ccccc5n4)N3[C@@H](C#N)[C@@H](C2)N1C. The van der Waals surface area contributed by atoms with Gasteiger partial charge in [0.15, 0.2) is 23.0 Å². The number of piperazine rings is 1. The topological polar surface area (TPSA) is 163 Å². The van der Waals surface area contributed by atoms with Crippen molar-refractivity contribution >= 4 is 16.9 Å². The Kier molecular flexibility index (Phi) is 8.32. The van der Waals surface area contributed by atoms with Crippen molar-refractivity contribution in [3.05, 3.63) is 69.5 Å². The summed E-state index contributed by atoms with van der Waals surface area (Å²) in [5.74, 6) is 1.25. The number of nitriles is 1. The number of benzene rings is 3. The van der Waals surface area contributed by atoms with Crippen LogP contribution in [0.2, 0.25) is 0 Å². The van der Waals surface area contributed by atoms with Gasteiger partial charge in [0.25, 0.3) is 5.91 Å². The number of phenols is 2. The largest absolute Gasteiger partial charge is 0.504 e. The number of likely N-dealkylation sites (N-methyl/N-ethyl adjacent to an activating group) is 1. The summed E-state index contributed by atoms with van der Waals surface area (Å²) in [5.41, 5.74) is 5.44. The second kappa shape index (κ2) is 12.5. The number of phenolic OH excluding ortho intramolecular Hbond substituents is 2. The first-order chi connectivity index (χ1) is 24.1. The molecular formula is C37H40N6O7. The van der Waals surface area contributed by atoms with Gasteiger partial charge >= 0.3 is 0 Å². The van der Waals surface area contributed by atoms with E-state index in [1.807, 2.05) is 39.1 Å². The minimum atomic E-state index is -0.703. The van der Waals surface area contributed by atoms with Gasteiger partial charge in [-0.05, 0) is 45.9 Å². The van der Waals surface area contributed by atoms with Crippen LogP contribution in [0.1, 0.15) is 56.0 Å². The molecule has 50 heavy (non-hydrogen) atoms. The number of hydrogen-bond donors (Lipinski definition) is 3. The number of methoxy groups -OCH3 is 4. The Morgan fingerprint density at radius 2 is 1.46 bits per heavy atom. The van der Waals surface area contributed by atoms with Crippen LogP contribution < -0.4 is 24.3 Å². The molecule has 0 unspecified atom stereocenters. The summed E-state index contributed by atoms with van der Waals surface area (Å²) in [6, 6.07) is 7.32. The van der Waals surface area contributed by atoms with E-state index in [0.29, 0.717) is 63.4 Å². The molecule has 5 atom stereocenters. The molecule has 1 amide bonds. The number of aromatic hydroxyl groups is 2. The summed E-state index contributed by atoms with van der Waals surface area (Å²) in [5, 5.41) is 37.7. The molecule has 13 heteroatoms. The van der Waals surface area contributed by atoms with Crippen molar-refractivity contribution in [1.82, 2.24) is 25.1 Å². The zero-order valence-electron chi connectivity index (χ0n) is 29.1. The van der Waals surface area contributed by atoms with Gasteiger partial charge in [-0.2, -0.15) is 5.26 Å². The van der Waals surface area contributed by atoms with Crippen molar-refractivity contribution in [1.29, 1.82) is 5.26 Å². The summed E-state index contributed by atoms with van der Waals surface area (Å²) in [4.78, 5) is 26.9. The van der Waals surface area contributed by atoms with Crippen LogP contribution in [-0.4, -0.2) is 96.0 Å². The minimum Gasteiger partial charge on any atom is -0.504 e. The highest BCUT2D eigenvalue weighted by Gasteiger charge is 2.57. The van der Waals surface area contributed by atoms with Crippen LogP contribution in [0, 0.1) is 25.2 Å². The molecule has 4 heterocycles. The summed E-state index contributed by atoms with van der Waals surface area (Å²) in [7, 11) is 8.14. The van der Waals surface area contributed by atoms with Gasteiger partial charge in [-0.15, -0.1) is 0 Å². The van der Waals surface area contributed by atoms with Crippen molar-refractivity contribution < 1.29 is 34.0 Å². The monoisotopic (exact) mass is 680 g/mol. The van der Waals surface area contributed by atoms with Crippen LogP contribution in [0.5, 0.6) is 34.5 Å². The highest BCUT2D eigenvalue weighted by Crippen LogP contribution is 2.58. The molecule has 1 aromatic heterocycles. The Hall–Kier alpha value is -5.32. The fourth-order valence-electron chi connectivity index (χ4n) is 8.76. The van der Waals surface area contributed by atoms with Crippen molar-refractivity contribution in [2.75, 3.05) is 42.0 Å². The average Bonchev–Trinajstić information content (AvgIpc) is 3.11. The smallest absolute Gasteiger partial charge is 0.271 e. The lowest BCUT2D eigenvalue weighted by Gasteiger charge is -2.60. The predicted octanol–water partition coefficient (Wildman–Crippen LogP) is 3.89. The molecule has 4 aromatic rings. The second-order valence-electron chi connectivity index (χ2n) is 13.0. The molecule has 3 aliphatic heterocycles. The van der Waals surface area contributed by atoms with Gasteiger partial charge in [0, 0.05) is 52.0 Å². The Balaban J connectivity index is 1.41. The number of amides is 1. The standard InChI is InChI=1S/C37H40N6O7/c1-17-33(47-4)19-13-25-30-29-20(34(48-5)18(2)36(50-7)32(29)45)12-24(42(30)3)26(14-38)43(25)27(28(19)31(44)35(17)49-6)16-40-37(46)23-15-39-21-10-8-9-11-22(21)41-23/h8-11,15,24-27,30,44-45H,12-13,16H2,1-7H3,(H,40,46)/t24-,25+,26+,27+,30-/m1/s1. The first-order valence-electron chi connectivity index (χ1n) is 16.4. The number of para-hydroxylation sites is 2. The van der Waals surface area contributed by atoms with Gasteiger partial charge in [-0.3, -0.25) is 19.6 Å². The van der Waals surface area contributed by atoms with E-state index in [1.165, 1.54) is 20.4 Å². The highest BCUT2D eigenvalue weighted by molar-refractivity contribution is 5.93. The maximum atomic E-state index is 13.7.